The number of ether oxygens (including phenoxy) is 2. The largest absolute Gasteiger partial charge is 0.493 e. The van der Waals surface area contributed by atoms with Gasteiger partial charge in [-0.15, -0.1) is 0 Å². The lowest BCUT2D eigenvalue weighted by molar-refractivity contribution is 0.355. The van der Waals surface area contributed by atoms with Crippen LogP contribution in [0.1, 0.15) is 5.56 Å². The van der Waals surface area contributed by atoms with Gasteiger partial charge >= 0.3 is 0 Å². The summed E-state index contributed by atoms with van der Waals surface area (Å²) in [6.07, 6.45) is 1.54. The molecule has 4 nitrogen and oxygen atoms in total. The lowest BCUT2D eigenvalue weighted by Crippen LogP contribution is -1.97. The minimum Gasteiger partial charge on any atom is -0.493 e. The molecular formula is C15H14Cl2N2O2. The van der Waals surface area contributed by atoms with E-state index in [-0.39, 0.29) is 0 Å². The summed E-state index contributed by atoms with van der Waals surface area (Å²) in [7, 11) is 3.04. The molecule has 110 valence electrons. The fourth-order valence-electron chi connectivity index (χ4n) is 1.74. The summed E-state index contributed by atoms with van der Waals surface area (Å²) in [6, 6.07) is 11.2. The maximum atomic E-state index is 6.27. The average molecular weight is 325 g/mol. The van der Waals surface area contributed by atoms with Crippen molar-refractivity contribution in [3.05, 3.63) is 52.0 Å². The van der Waals surface area contributed by atoms with Gasteiger partial charge in [0, 0.05) is 11.6 Å². The molecule has 0 aliphatic heterocycles. The van der Waals surface area contributed by atoms with E-state index in [4.69, 9.17) is 32.7 Å². The van der Waals surface area contributed by atoms with Crippen LogP contribution < -0.4 is 14.9 Å². The second kappa shape index (κ2) is 7.20. The quantitative estimate of drug-likeness (QED) is 0.652. The normalized spacial score (nSPS) is 10.7. The van der Waals surface area contributed by atoms with Crippen molar-refractivity contribution in [2.45, 2.75) is 0 Å². The lowest BCUT2D eigenvalue weighted by Gasteiger charge is -2.12. The molecule has 0 bridgehead atoms. The van der Waals surface area contributed by atoms with Crippen LogP contribution in [0.25, 0.3) is 0 Å². The van der Waals surface area contributed by atoms with Crippen molar-refractivity contribution in [2.75, 3.05) is 19.6 Å². The predicted octanol–water partition coefficient (Wildman–Crippen LogP) is 4.46. The first-order chi connectivity index (χ1) is 10.2. The number of para-hydroxylation sites is 1. The van der Waals surface area contributed by atoms with Crippen molar-refractivity contribution < 1.29 is 9.47 Å². The number of nitrogens with zero attached hydrogens (tertiary/aromatic N) is 1. The Bertz CT molecular complexity index is 646. The van der Waals surface area contributed by atoms with Gasteiger partial charge in [0.1, 0.15) is 0 Å². The number of hydrogen-bond donors (Lipinski definition) is 1. The van der Waals surface area contributed by atoms with Crippen LogP contribution in [0.3, 0.4) is 0 Å². The van der Waals surface area contributed by atoms with Gasteiger partial charge in [-0.1, -0.05) is 41.4 Å². The summed E-state index contributed by atoms with van der Waals surface area (Å²) in [6.45, 7) is 0. The van der Waals surface area contributed by atoms with Gasteiger partial charge in [0.25, 0.3) is 0 Å². The zero-order valence-corrected chi connectivity index (χ0v) is 13.1. The van der Waals surface area contributed by atoms with Gasteiger partial charge < -0.3 is 9.47 Å². The summed E-state index contributed by atoms with van der Waals surface area (Å²) >= 11 is 12.5. The third-order valence-corrected chi connectivity index (χ3v) is 3.45. The Morgan fingerprint density at radius 2 is 1.81 bits per heavy atom. The molecule has 0 aliphatic rings. The van der Waals surface area contributed by atoms with Gasteiger partial charge in [-0.25, -0.2) is 0 Å². The van der Waals surface area contributed by atoms with Crippen LogP contribution in [-0.2, 0) is 0 Å². The molecule has 0 heterocycles. The number of benzene rings is 2. The highest BCUT2D eigenvalue weighted by molar-refractivity contribution is 6.40. The monoisotopic (exact) mass is 324 g/mol. The number of rotatable bonds is 5. The SMILES string of the molecule is COc1cc(Cl)c(C=NNc2ccccc2)c(Cl)c1OC. The van der Waals surface area contributed by atoms with E-state index in [1.165, 1.54) is 14.2 Å². The smallest absolute Gasteiger partial charge is 0.180 e. The van der Waals surface area contributed by atoms with Crippen molar-refractivity contribution in [3.63, 3.8) is 0 Å². The molecule has 6 heteroatoms. The molecule has 0 aliphatic carbocycles. The van der Waals surface area contributed by atoms with Gasteiger partial charge in [-0.3, -0.25) is 5.43 Å². The van der Waals surface area contributed by atoms with E-state index in [9.17, 15) is 0 Å². The molecule has 0 amide bonds. The number of hydrogen-bond acceptors (Lipinski definition) is 4. The highest BCUT2D eigenvalue weighted by Crippen LogP contribution is 2.40. The zero-order valence-electron chi connectivity index (χ0n) is 11.6. The molecule has 2 aromatic carbocycles. The van der Waals surface area contributed by atoms with Crippen molar-refractivity contribution >= 4 is 35.1 Å². The van der Waals surface area contributed by atoms with Gasteiger partial charge in [0.2, 0.25) is 0 Å². The molecule has 2 aromatic rings. The maximum Gasteiger partial charge on any atom is 0.180 e. The minimum atomic E-state index is 0.348. The van der Waals surface area contributed by atoms with Crippen molar-refractivity contribution in [3.8, 4) is 11.5 Å². The van der Waals surface area contributed by atoms with Gasteiger partial charge in [0.15, 0.2) is 11.5 Å². The Balaban J connectivity index is 2.27. The fourth-order valence-corrected chi connectivity index (χ4v) is 2.35. The van der Waals surface area contributed by atoms with Crippen LogP contribution in [0.15, 0.2) is 41.5 Å². The first-order valence-electron chi connectivity index (χ1n) is 6.11. The third-order valence-electron chi connectivity index (χ3n) is 2.76. The van der Waals surface area contributed by atoms with E-state index >= 15 is 0 Å². The molecular weight excluding hydrogens is 311 g/mol. The zero-order chi connectivity index (χ0) is 15.2. The van der Waals surface area contributed by atoms with Crippen LogP contribution in [-0.4, -0.2) is 20.4 Å². The van der Waals surface area contributed by atoms with Crippen molar-refractivity contribution in [1.29, 1.82) is 0 Å². The summed E-state index contributed by atoms with van der Waals surface area (Å²) in [5.41, 5.74) is 4.31. The summed E-state index contributed by atoms with van der Waals surface area (Å²) in [4.78, 5) is 0. The lowest BCUT2D eigenvalue weighted by atomic mass is 10.2. The van der Waals surface area contributed by atoms with Crippen LogP contribution >= 0.6 is 23.2 Å². The Kier molecular flexibility index (Phi) is 5.31. The number of halogens is 2. The topological polar surface area (TPSA) is 42.8 Å². The van der Waals surface area contributed by atoms with E-state index in [0.717, 1.165) is 5.69 Å². The molecule has 0 saturated heterocycles. The molecule has 21 heavy (non-hydrogen) atoms. The number of anilines is 1. The third kappa shape index (κ3) is 3.60. The highest BCUT2D eigenvalue weighted by Gasteiger charge is 2.16. The summed E-state index contributed by atoms with van der Waals surface area (Å²) < 4.78 is 10.4. The molecule has 0 fully saturated rings. The van der Waals surface area contributed by atoms with Crippen LogP contribution in [0, 0.1) is 0 Å². The molecule has 0 radical (unpaired) electrons. The molecule has 0 unspecified atom stereocenters. The minimum absolute atomic E-state index is 0.348. The fraction of sp³-hybridized carbons (Fsp3) is 0.133. The number of methoxy groups -OCH3 is 2. The molecule has 0 spiro atoms. The molecule has 1 N–H and O–H groups in total. The van der Waals surface area contributed by atoms with Gasteiger partial charge in [0.05, 0.1) is 36.2 Å². The Morgan fingerprint density at radius 1 is 1.10 bits per heavy atom. The standard InChI is InChI=1S/C15H14Cl2N2O2/c1-20-13-8-12(16)11(14(17)15(13)21-2)9-18-19-10-6-4-3-5-7-10/h3-9,19H,1-2H3. The Labute approximate surface area is 133 Å². The van der Waals surface area contributed by atoms with Gasteiger partial charge in [-0.05, 0) is 12.1 Å². The van der Waals surface area contributed by atoms with E-state index in [1.807, 2.05) is 30.3 Å². The Hall–Kier alpha value is -1.91. The van der Waals surface area contributed by atoms with E-state index in [1.54, 1.807) is 12.3 Å². The second-order valence-electron chi connectivity index (χ2n) is 4.06. The number of nitrogens with one attached hydrogen (secondary N) is 1. The predicted molar refractivity (Wildman–Crippen MR) is 87.2 cm³/mol. The second-order valence-corrected chi connectivity index (χ2v) is 4.84. The van der Waals surface area contributed by atoms with E-state index in [0.29, 0.717) is 27.1 Å². The number of hydrazone groups is 1. The summed E-state index contributed by atoms with van der Waals surface area (Å²) in [5.74, 6) is 0.894. The van der Waals surface area contributed by atoms with Crippen molar-refractivity contribution in [2.24, 2.45) is 5.10 Å². The maximum absolute atomic E-state index is 6.27. The van der Waals surface area contributed by atoms with Crippen LogP contribution in [0.5, 0.6) is 11.5 Å². The van der Waals surface area contributed by atoms with Crippen LogP contribution in [0.4, 0.5) is 5.69 Å². The molecule has 0 atom stereocenters. The average Bonchev–Trinajstić information content (AvgIpc) is 2.51. The van der Waals surface area contributed by atoms with E-state index in [2.05, 4.69) is 10.5 Å². The molecule has 0 saturated carbocycles. The molecule has 2 rings (SSSR count). The van der Waals surface area contributed by atoms with Crippen molar-refractivity contribution in [1.82, 2.24) is 0 Å². The first-order valence-corrected chi connectivity index (χ1v) is 6.87. The molecule has 0 aromatic heterocycles. The van der Waals surface area contributed by atoms with Crippen LogP contribution in [0.2, 0.25) is 10.0 Å². The Morgan fingerprint density at radius 3 is 2.43 bits per heavy atom. The first kappa shape index (κ1) is 15.5. The summed E-state index contributed by atoms with van der Waals surface area (Å²) in [5, 5.41) is 4.90. The highest BCUT2D eigenvalue weighted by atomic mass is 35.5. The van der Waals surface area contributed by atoms with E-state index < -0.39 is 0 Å². The van der Waals surface area contributed by atoms with Gasteiger partial charge in [-0.2, -0.15) is 5.10 Å².